The van der Waals surface area contributed by atoms with E-state index in [9.17, 15) is 0 Å². The molecule has 11 aromatic carbocycles. The monoisotopic (exact) mass is 836 g/mol. The molecule has 14 aromatic rings. The Morgan fingerprint density at radius 2 is 0.970 bits per heavy atom. The van der Waals surface area contributed by atoms with E-state index in [1.54, 1.807) is 0 Å². The van der Waals surface area contributed by atoms with E-state index < -0.39 is 0 Å². The molecular weight excluding hydrogens is 801 g/mol. The third-order valence-electron chi connectivity index (χ3n) is 14.2. The fourth-order valence-corrected chi connectivity index (χ4v) is 11.3. The largest absolute Gasteiger partial charge is 0.309 e. The van der Waals surface area contributed by atoms with Gasteiger partial charge in [-0.25, -0.2) is 9.97 Å². The summed E-state index contributed by atoms with van der Waals surface area (Å²) in [5.74, 6) is 0.801. The van der Waals surface area contributed by atoms with E-state index in [2.05, 4.69) is 228 Å². The van der Waals surface area contributed by atoms with Crippen LogP contribution in [0.5, 0.6) is 0 Å². The summed E-state index contributed by atoms with van der Waals surface area (Å²) in [6.45, 7) is 0. The third-order valence-corrected chi connectivity index (χ3v) is 14.2. The second kappa shape index (κ2) is 13.3. The van der Waals surface area contributed by atoms with Crippen molar-refractivity contribution in [3.05, 3.63) is 218 Å². The van der Waals surface area contributed by atoms with Crippen LogP contribution in [0.15, 0.2) is 218 Å². The summed E-state index contributed by atoms with van der Waals surface area (Å²) in [5, 5.41) is 12.1. The zero-order valence-corrected chi connectivity index (χ0v) is 35.6. The molecule has 3 aromatic heterocycles. The van der Waals surface area contributed by atoms with Gasteiger partial charge < -0.3 is 4.57 Å². The van der Waals surface area contributed by atoms with Crippen LogP contribution in [0.2, 0.25) is 0 Å². The number of benzene rings is 11. The first-order valence-electron chi connectivity index (χ1n) is 22.7. The molecule has 0 amide bonds. The molecule has 4 nitrogen and oxygen atoms in total. The molecule has 0 radical (unpaired) electrons. The average Bonchev–Trinajstić information content (AvgIpc) is 3.85. The Morgan fingerprint density at radius 1 is 0.318 bits per heavy atom. The lowest BCUT2D eigenvalue weighted by Crippen LogP contribution is -2.04. The van der Waals surface area contributed by atoms with Crippen molar-refractivity contribution in [1.82, 2.24) is 19.1 Å². The lowest BCUT2D eigenvalue weighted by Gasteiger charge is -2.17. The van der Waals surface area contributed by atoms with Gasteiger partial charge in [-0.05, 0) is 97.2 Å². The van der Waals surface area contributed by atoms with Crippen LogP contribution in [0.25, 0.3) is 143 Å². The maximum atomic E-state index is 5.75. The van der Waals surface area contributed by atoms with E-state index in [0.717, 1.165) is 66.7 Å². The number of aromatic nitrogens is 4. The van der Waals surface area contributed by atoms with Crippen molar-refractivity contribution in [2.75, 3.05) is 0 Å². The normalized spacial score (nSPS) is 12.2. The Labute approximate surface area is 378 Å². The molecule has 0 aliphatic heterocycles. The predicted molar refractivity (Wildman–Crippen MR) is 276 cm³/mol. The van der Waals surface area contributed by atoms with Crippen LogP contribution in [0, 0.1) is 0 Å². The first kappa shape index (κ1) is 35.6. The van der Waals surface area contributed by atoms with E-state index in [4.69, 9.17) is 9.97 Å². The van der Waals surface area contributed by atoms with Crippen LogP contribution < -0.4 is 0 Å². The lowest BCUT2D eigenvalue weighted by atomic mass is 9.91. The molecule has 0 spiro atoms. The molecule has 304 valence electrons. The maximum absolute atomic E-state index is 5.75. The van der Waals surface area contributed by atoms with Gasteiger partial charge in [0.05, 0.1) is 33.1 Å². The minimum atomic E-state index is 0.801. The number of para-hydroxylation sites is 2. The van der Waals surface area contributed by atoms with Crippen LogP contribution in [-0.2, 0) is 0 Å². The molecule has 0 atom stereocenters. The molecular formula is C62H36N4. The summed E-state index contributed by atoms with van der Waals surface area (Å²) in [6, 6.07) is 79.6. The van der Waals surface area contributed by atoms with E-state index in [1.807, 2.05) is 0 Å². The summed E-state index contributed by atoms with van der Waals surface area (Å²) in [7, 11) is 0. The first-order chi connectivity index (χ1) is 32.7. The molecule has 4 heteroatoms. The second-order valence-electron chi connectivity index (χ2n) is 17.7. The van der Waals surface area contributed by atoms with Gasteiger partial charge in [0.25, 0.3) is 0 Å². The maximum Gasteiger partial charge on any atom is 0.165 e. The van der Waals surface area contributed by atoms with Crippen molar-refractivity contribution < 1.29 is 0 Å². The van der Waals surface area contributed by atoms with Crippen LogP contribution in [0.3, 0.4) is 0 Å². The quantitative estimate of drug-likeness (QED) is 0.166. The minimum Gasteiger partial charge on any atom is -0.309 e. The topological polar surface area (TPSA) is 35.6 Å². The fraction of sp³-hybridized carbons (Fsp3) is 0. The van der Waals surface area contributed by atoms with Gasteiger partial charge in [-0.15, -0.1) is 0 Å². The van der Waals surface area contributed by atoms with Crippen LogP contribution >= 0.6 is 0 Å². The second-order valence-corrected chi connectivity index (χ2v) is 17.7. The van der Waals surface area contributed by atoms with E-state index in [-0.39, 0.29) is 0 Å². The van der Waals surface area contributed by atoms with E-state index in [0.29, 0.717) is 0 Å². The number of fused-ring (bicyclic) bond motifs is 11. The third kappa shape index (κ3) is 4.87. The summed E-state index contributed by atoms with van der Waals surface area (Å²) in [6.07, 6.45) is 0. The number of nitrogens with zero attached hydrogens (tertiary/aromatic N) is 4. The molecule has 0 saturated carbocycles. The summed E-state index contributed by atoms with van der Waals surface area (Å²) < 4.78 is 4.88. The van der Waals surface area contributed by atoms with Crippen LogP contribution in [0.1, 0.15) is 0 Å². The van der Waals surface area contributed by atoms with Crippen molar-refractivity contribution >= 4 is 87.0 Å². The molecule has 15 rings (SSSR count). The Hall–Kier alpha value is -8.86. The molecule has 0 saturated heterocycles. The van der Waals surface area contributed by atoms with Gasteiger partial charge in [-0.2, -0.15) is 0 Å². The van der Waals surface area contributed by atoms with Gasteiger partial charge in [0.1, 0.15) is 5.69 Å². The van der Waals surface area contributed by atoms with Crippen molar-refractivity contribution in [3.8, 4) is 56.1 Å². The highest BCUT2D eigenvalue weighted by molar-refractivity contribution is 6.36. The van der Waals surface area contributed by atoms with E-state index >= 15 is 0 Å². The number of hydrogen-bond acceptors (Lipinski definition) is 2. The zero-order valence-electron chi connectivity index (χ0n) is 35.6. The molecule has 0 unspecified atom stereocenters. The fourth-order valence-electron chi connectivity index (χ4n) is 11.3. The smallest absolute Gasteiger partial charge is 0.165 e. The minimum absolute atomic E-state index is 0.801. The van der Waals surface area contributed by atoms with Crippen molar-refractivity contribution in [2.24, 2.45) is 0 Å². The van der Waals surface area contributed by atoms with Crippen molar-refractivity contribution in [2.45, 2.75) is 0 Å². The van der Waals surface area contributed by atoms with Gasteiger partial charge in [0, 0.05) is 43.7 Å². The predicted octanol–water partition coefficient (Wildman–Crippen LogP) is 16.3. The number of rotatable bonds is 4. The van der Waals surface area contributed by atoms with Gasteiger partial charge >= 0.3 is 0 Å². The van der Waals surface area contributed by atoms with Gasteiger partial charge in [-0.1, -0.05) is 176 Å². The molecule has 66 heavy (non-hydrogen) atoms. The summed E-state index contributed by atoms with van der Waals surface area (Å²) in [5.41, 5.74) is 16.5. The highest BCUT2D eigenvalue weighted by atomic mass is 15.1. The average molecular weight is 837 g/mol. The molecule has 1 aliphatic rings. The Bertz CT molecular complexity index is 4380. The molecule has 3 heterocycles. The Balaban J connectivity index is 1.11. The summed E-state index contributed by atoms with van der Waals surface area (Å²) >= 11 is 0. The highest BCUT2D eigenvalue weighted by Crippen LogP contribution is 2.54. The lowest BCUT2D eigenvalue weighted by molar-refractivity contribution is 1.08. The van der Waals surface area contributed by atoms with E-state index in [1.165, 1.54) is 76.4 Å². The summed E-state index contributed by atoms with van der Waals surface area (Å²) in [4.78, 5) is 11.5. The highest BCUT2D eigenvalue weighted by Gasteiger charge is 2.30. The van der Waals surface area contributed by atoms with Crippen LogP contribution in [0.4, 0.5) is 0 Å². The molecule has 0 N–H and O–H groups in total. The van der Waals surface area contributed by atoms with Gasteiger partial charge in [0.15, 0.2) is 5.82 Å². The van der Waals surface area contributed by atoms with Gasteiger partial charge in [-0.3, -0.25) is 4.57 Å². The zero-order chi connectivity index (χ0) is 43.0. The molecule has 0 fully saturated rings. The van der Waals surface area contributed by atoms with Gasteiger partial charge in [0.2, 0.25) is 0 Å². The first-order valence-corrected chi connectivity index (χ1v) is 22.7. The SMILES string of the molecule is c1ccc(-n2c3ccccc3c3c4c5c6c7c(cccc7ccc6n(-c6nc7ccc8ccccc8c7nc6-c6ccc(-c7ccc8ccccc8c7)cc6)c5cc32)-c2ccccc2-4)cc1. The molecule has 0 bridgehead atoms. The van der Waals surface area contributed by atoms with Crippen molar-refractivity contribution in [3.63, 3.8) is 0 Å². The molecule has 1 aliphatic carbocycles. The van der Waals surface area contributed by atoms with Crippen LogP contribution in [-0.4, -0.2) is 19.1 Å². The van der Waals surface area contributed by atoms with Crippen molar-refractivity contribution in [1.29, 1.82) is 0 Å². The Morgan fingerprint density at radius 3 is 1.85 bits per heavy atom. The standard InChI is InChI=1S/C62H36N4/c1-2-17-44(18-3-1)65-51-24-11-10-22-49(51)56-53(65)36-54-59-57(56)48-21-9-8-20-46(48)47-23-12-16-40-32-34-52(58(59)55(40)47)66(54)62-60(64-61-45-19-7-6-14-39(45)31-33-50(61)63-62)41-28-25-38(26-29-41)43-30-27-37-13-4-5-15-42(37)35-43/h1-36H. The Kier molecular flexibility index (Phi) is 7.19. The number of hydrogen-bond donors (Lipinski definition) is 0.